The van der Waals surface area contributed by atoms with Crippen molar-refractivity contribution in [2.75, 3.05) is 6.61 Å². The van der Waals surface area contributed by atoms with Gasteiger partial charge in [0.2, 0.25) is 0 Å². The van der Waals surface area contributed by atoms with Gasteiger partial charge in [-0.2, -0.15) is 0 Å². The SMILES string of the molecule is C=C(CC(O)c1ccc(C)cc1)C(=O)OCC. The van der Waals surface area contributed by atoms with Gasteiger partial charge in [0.05, 0.1) is 12.7 Å². The first-order chi connectivity index (χ1) is 8.04. The second-order valence-corrected chi connectivity index (χ2v) is 3.95. The summed E-state index contributed by atoms with van der Waals surface area (Å²) in [6.45, 7) is 7.66. The van der Waals surface area contributed by atoms with E-state index in [1.165, 1.54) is 0 Å². The molecule has 17 heavy (non-hydrogen) atoms. The molecule has 0 radical (unpaired) electrons. The van der Waals surface area contributed by atoms with Gasteiger partial charge in [-0.25, -0.2) is 4.79 Å². The topological polar surface area (TPSA) is 46.5 Å². The van der Waals surface area contributed by atoms with E-state index in [-0.39, 0.29) is 6.42 Å². The second kappa shape index (κ2) is 6.21. The maximum absolute atomic E-state index is 11.3. The molecule has 0 saturated carbocycles. The lowest BCUT2D eigenvalue weighted by Gasteiger charge is -2.12. The number of aliphatic hydroxyl groups excluding tert-OH is 1. The third kappa shape index (κ3) is 4.04. The largest absolute Gasteiger partial charge is 0.463 e. The van der Waals surface area contributed by atoms with Crippen LogP contribution in [0.3, 0.4) is 0 Å². The van der Waals surface area contributed by atoms with Gasteiger partial charge >= 0.3 is 5.97 Å². The van der Waals surface area contributed by atoms with Crippen molar-refractivity contribution in [3.05, 3.63) is 47.5 Å². The molecule has 0 aliphatic carbocycles. The summed E-state index contributed by atoms with van der Waals surface area (Å²) in [7, 11) is 0. The molecule has 1 N–H and O–H groups in total. The fraction of sp³-hybridized carbons (Fsp3) is 0.357. The highest BCUT2D eigenvalue weighted by atomic mass is 16.5. The van der Waals surface area contributed by atoms with Crippen LogP contribution in [-0.4, -0.2) is 17.7 Å². The molecule has 0 heterocycles. The standard InChI is InChI=1S/C14H18O3/c1-4-17-14(16)11(3)9-13(15)12-7-5-10(2)6-8-12/h5-8,13,15H,3-4,9H2,1-2H3. The maximum Gasteiger partial charge on any atom is 0.333 e. The van der Waals surface area contributed by atoms with Gasteiger partial charge in [0, 0.05) is 12.0 Å². The van der Waals surface area contributed by atoms with Crippen molar-refractivity contribution in [2.24, 2.45) is 0 Å². The number of carbonyl (C=O) groups is 1. The van der Waals surface area contributed by atoms with Crippen molar-refractivity contribution < 1.29 is 14.6 Å². The van der Waals surface area contributed by atoms with Gasteiger partial charge in [-0.05, 0) is 19.4 Å². The van der Waals surface area contributed by atoms with E-state index in [4.69, 9.17) is 4.74 Å². The maximum atomic E-state index is 11.3. The summed E-state index contributed by atoms with van der Waals surface area (Å²) in [6.07, 6.45) is -0.519. The van der Waals surface area contributed by atoms with E-state index in [1.54, 1.807) is 6.92 Å². The Morgan fingerprint density at radius 2 is 2.00 bits per heavy atom. The number of benzene rings is 1. The third-order valence-electron chi connectivity index (χ3n) is 2.47. The molecule has 0 amide bonds. The molecule has 0 saturated heterocycles. The molecule has 0 aromatic heterocycles. The molecular formula is C14H18O3. The Bertz CT molecular complexity index is 392. The zero-order chi connectivity index (χ0) is 12.8. The Hall–Kier alpha value is -1.61. The van der Waals surface area contributed by atoms with E-state index >= 15 is 0 Å². The minimum absolute atomic E-state index is 0.196. The Balaban J connectivity index is 2.60. The summed E-state index contributed by atoms with van der Waals surface area (Å²) >= 11 is 0. The van der Waals surface area contributed by atoms with Gasteiger partial charge in [0.1, 0.15) is 0 Å². The van der Waals surface area contributed by atoms with Crippen molar-refractivity contribution in [3.63, 3.8) is 0 Å². The van der Waals surface area contributed by atoms with Crippen LogP contribution in [0.1, 0.15) is 30.6 Å². The van der Waals surface area contributed by atoms with Crippen LogP contribution in [0.25, 0.3) is 0 Å². The summed E-state index contributed by atoms with van der Waals surface area (Å²) in [5.74, 6) is -0.446. The van der Waals surface area contributed by atoms with Gasteiger partial charge in [0.25, 0.3) is 0 Å². The molecule has 0 aliphatic rings. The lowest BCUT2D eigenvalue weighted by molar-refractivity contribution is -0.138. The number of ether oxygens (including phenoxy) is 1. The first kappa shape index (κ1) is 13.5. The molecule has 1 aromatic carbocycles. The molecule has 0 bridgehead atoms. The molecule has 1 rings (SSSR count). The predicted molar refractivity (Wildman–Crippen MR) is 66.5 cm³/mol. The predicted octanol–water partition coefficient (Wildman–Crippen LogP) is 2.54. The van der Waals surface area contributed by atoms with Crippen molar-refractivity contribution in [2.45, 2.75) is 26.4 Å². The normalized spacial score (nSPS) is 11.9. The number of esters is 1. The Morgan fingerprint density at radius 3 is 2.53 bits per heavy atom. The number of carbonyl (C=O) groups excluding carboxylic acids is 1. The molecule has 0 spiro atoms. The molecular weight excluding hydrogens is 216 g/mol. The first-order valence-corrected chi connectivity index (χ1v) is 5.64. The second-order valence-electron chi connectivity index (χ2n) is 3.95. The van der Waals surface area contributed by atoms with Crippen molar-refractivity contribution in [1.29, 1.82) is 0 Å². The van der Waals surface area contributed by atoms with Crippen molar-refractivity contribution in [3.8, 4) is 0 Å². The third-order valence-corrected chi connectivity index (χ3v) is 2.47. The van der Waals surface area contributed by atoms with Gasteiger partial charge < -0.3 is 9.84 Å². The van der Waals surface area contributed by atoms with E-state index in [9.17, 15) is 9.90 Å². The van der Waals surface area contributed by atoms with Crippen LogP contribution in [0.15, 0.2) is 36.4 Å². The molecule has 3 nitrogen and oxygen atoms in total. The zero-order valence-corrected chi connectivity index (χ0v) is 10.3. The number of hydrogen-bond donors (Lipinski definition) is 1. The summed E-state index contributed by atoms with van der Waals surface area (Å²) in [6, 6.07) is 7.54. The van der Waals surface area contributed by atoms with Crippen molar-refractivity contribution >= 4 is 5.97 Å². The zero-order valence-electron chi connectivity index (χ0n) is 10.3. The molecule has 0 aliphatic heterocycles. The first-order valence-electron chi connectivity index (χ1n) is 5.64. The fourth-order valence-electron chi connectivity index (χ4n) is 1.46. The monoisotopic (exact) mass is 234 g/mol. The summed E-state index contributed by atoms with van der Waals surface area (Å²) in [5.41, 5.74) is 2.20. The molecule has 3 heteroatoms. The Kier molecular flexibility index (Phi) is 4.91. The van der Waals surface area contributed by atoms with Gasteiger partial charge in [-0.1, -0.05) is 36.4 Å². The number of aliphatic hydroxyl groups is 1. The van der Waals surface area contributed by atoms with Crippen LogP contribution in [0.5, 0.6) is 0 Å². The van der Waals surface area contributed by atoms with Crippen LogP contribution in [0.2, 0.25) is 0 Å². The highest BCUT2D eigenvalue weighted by Crippen LogP contribution is 2.21. The van der Waals surface area contributed by atoms with Gasteiger partial charge in [-0.15, -0.1) is 0 Å². The van der Waals surface area contributed by atoms with Crippen LogP contribution in [-0.2, 0) is 9.53 Å². The minimum Gasteiger partial charge on any atom is -0.463 e. The minimum atomic E-state index is -0.715. The van der Waals surface area contributed by atoms with E-state index in [2.05, 4.69) is 6.58 Å². The molecule has 1 unspecified atom stereocenters. The van der Waals surface area contributed by atoms with Crippen molar-refractivity contribution in [1.82, 2.24) is 0 Å². The van der Waals surface area contributed by atoms with E-state index in [0.29, 0.717) is 12.2 Å². The lowest BCUT2D eigenvalue weighted by atomic mass is 10.0. The van der Waals surface area contributed by atoms with Gasteiger partial charge in [0.15, 0.2) is 0 Å². The quantitative estimate of drug-likeness (QED) is 0.629. The molecule has 92 valence electrons. The smallest absolute Gasteiger partial charge is 0.333 e. The van der Waals surface area contributed by atoms with Crippen LogP contribution >= 0.6 is 0 Å². The Morgan fingerprint density at radius 1 is 1.41 bits per heavy atom. The number of aryl methyl sites for hydroxylation is 1. The van der Waals surface area contributed by atoms with E-state index < -0.39 is 12.1 Å². The van der Waals surface area contributed by atoms with Crippen LogP contribution in [0, 0.1) is 6.92 Å². The molecule has 0 fully saturated rings. The summed E-state index contributed by atoms with van der Waals surface area (Å²) in [4.78, 5) is 11.3. The molecule has 1 atom stereocenters. The van der Waals surface area contributed by atoms with Crippen LogP contribution < -0.4 is 0 Å². The number of rotatable bonds is 5. The van der Waals surface area contributed by atoms with E-state index in [0.717, 1.165) is 11.1 Å². The van der Waals surface area contributed by atoms with Crippen LogP contribution in [0.4, 0.5) is 0 Å². The summed E-state index contributed by atoms with van der Waals surface area (Å²) < 4.78 is 4.81. The van der Waals surface area contributed by atoms with E-state index in [1.807, 2.05) is 31.2 Å². The lowest BCUT2D eigenvalue weighted by Crippen LogP contribution is -2.10. The fourth-order valence-corrected chi connectivity index (χ4v) is 1.46. The Labute approximate surface area is 102 Å². The number of hydrogen-bond acceptors (Lipinski definition) is 3. The molecule has 1 aromatic rings. The average molecular weight is 234 g/mol. The average Bonchev–Trinajstić information content (AvgIpc) is 2.30. The van der Waals surface area contributed by atoms with Gasteiger partial charge in [-0.3, -0.25) is 0 Å². The highest BCUT2D eigenvalue weighted by molar-refractivity contribution is 5.87. The highest BCUT2D eigenvalue weighted by Gasteiger charge is 2.14. The summed E-state index contributed by atoms with van der Waals surface area (Å²) in [5, 5.41) is 9.93.